The number of amides is 1. The van der Waals surface area contributed by atoms with E-state index in [0.717, 1.165) is 6.07 Å². The van der Waals surface area contributed by atoms with Gasteiger partial charge >= 0.3 is 0 Å². The van der Waals surface area contributed by atoms with Crippen LogP contribution in [0.15, 0.2) is 21.5 Å². The van der Waals surface area contributed by atoms with Crippen LogP contribution < -0.4 is 5.32 Å². The zero-order chi connectivity index (χ0) is 15.3. The smallest absolute Gasteiger partial charge is 0.261 e. The van der Waals surface area contributed by atoms with Gasteiger partial charge in [-0.15, -0.1) is 0 Å². The van der Waals surface area contributed by atoms with E-state index in [4.69, 9.17) is 27.0 Å². The molecule has 1 aromatic rings. The van der Waals surface area contributed by atoms with Crippen LogP contribution in [0.2, 0.25) is 5.02 Å². The van der Waals surface area contributed by atoms with E-state index >= 15 is 0 Å². The molecule has 0 heterocycles. The molecule has 1 rings (SSSR count). The zero-order valence-corrected chi connectivity index (χ0v) is 14.4. The minimum atomic E-state index is -3.95. The minimum absolute atomic E-state index is 0.0248. The Labute approximate surface area is 135 Å². The fourth-order valence-corrected chi connectivity index (χ4v) is 2.94. The average molecular weight is 405 g/mol. The fourth-order valence-electron chi connectivity index (χ4n) is 1.35. The molecule has 9 heteroatoms. The van der Waals surface area contributed by atoms with Crippen molar-refractivity contribution in [3.63, 3.8) is 0 Å². The second kappa shape index (κ2) is 7.61. The number of ether oxygens (including phenoxy) is 1. The molecular formula is C11H12BrCl2NO4S. The first-order valence-electron chi connectivity index (χ1n) is 5.57. The number of rotatable bonds is 6. The van der Waals surface area contributed by atoms with Crippen LogP contribution in [0.4, 0.5) is 0 Å². The van der Waals surface area contributed by atoms with E-state index in [1.807, 2.05) is 6.92 Å². The molecule has 0 aromatic heterocycles. The SMILES string of the molecule is CCOCCNC(=O)c1cc(S(=O)(=O)Cl)cc(Br)c1Cl. The summed E-state index contributed by atoms with van der Waals surface area (Å²) in [6.45, 7) is 3.03. The zero-order valence-electron chi connectivity index (χ0n) is 10.5. The summed E-state index contributed by atoms with van der Waals surface area (Å²) in [6.07, 6.45) is 0. The van der Waals surface area contributed by atoms with Gasteiger partial charge in [-0.3, -0.25) is 4.79 Å². The summed E-state index contributed by atoms with van der Waals surface area (Å²) in [5, 5.41) is 2.69. The third kappa shape index (κ3) is 4.89. The molecule has 0 radical (unpaired) electrons. The van der Waals surface area contributed by atoms with Crippen molar-refractivity contribution in [3.05, 3.63) is 27.2 Å². The van der Waals surface area contributed by atoms with Gasteiger partial charge < -0.3 is 10.1 Å². The summed E-state index contributed by atoms with van der Waals surface area (Å²) >= 11 is 9.06. The maximum Gasteiger partial charge on any atom is 0.261 e. The van der Waals surface area contributed by atoms with E-state index in [0.29, 0.717) is 19.8 Å². The predicted octanol–water partition coefficient (Wildman–Crippen LogP) is 2.80. The Morgan fingerprint density at radius 1 is 1.45 bits per heavy atom. The van der Waals surface area contributed by atoms with E-state index in [2.05, 4.69) is 21.2 Å². The largest absolute Gasteiger partial charge is 0.380 e. The molecule has 0 spiro atoms. The lowest BCUT2D eigenvalue weighted by Gasteiger charge is -2.09. The van der Waals surface area contributed by atoms with Gasteiger partial charge in [0.25, 0.3) is 15.0 Å². The van der Waals surface area contributed by atoms with Crippen LogP contribution in [0, 0.1) is 0 Å². The van der Waals surface area contributed by atoms with E-state index < -0.39 is 15.0 Å². The highest BCUT2D eigenvalue weighted by atomic mass is 79.9. The molecule has 1 N–H and O–H groups in total. The quantitative estimate of drug-likeness (QED) is 0.584. The third-order valence-corrected chi connectivity index (χ3v) is 4.86. The minimum Gasteiger partial charge on any atom is -0.380 e. The van der Waals surface area contributed by atoms with Crippen molar-refractivity contribution in [2.24, 2.45) is 0 Å². The monoisotopic (exact) mass is 403 g/mol. The van der Waals surface area contributed by atoms with E-state index in [-0.39, 0.29) is 20.0 Å². The highest BCUT2D eigenvalue weighted by Gasteiger charge is 2.19. The van der Waals surface area contributed by atoms with E-state index in [9.17, 15) is 13.2 Å². The van der Waals surface area contributed by atoms with Crippen LogP contribution in [-0.4, -0.2) is 34.1 Å². The molecule has 0 atom stereocenters. The summed E-state index contributed by atoms with van der Waals surface area (Å²) in [4.78, 5) is 11.7. The first-order valence-corrected chi connectivity index (χ1v) is 9.05. The molecule has 0 bridgehead atoms. The van der Waals surface area contributed by atoms with Crippen LogP contribution in [0.5, 0.6) is 0 Å². The summed E-state index contributed by atoms with van der Waals surface area (Å²) in [7, 11) is 1.31. The van der Waals surface area contributed by atoms with Gasteiger partial charge in [-0.2, -0.15) is 0 Å². The second-order valence-electron chi connectivity index (χ2n) is 3.66. The van der Waals surface area contributed by atoms with Crippen molar-refractivity contribution in [2.75, 3.05) is 19.8 Å². The van der Waals surface area contributed by atoms with Gasteiger partial charge in [0.05, 0.1) is 22.1 Å². The molecule has 0 aliphatic rings. The maximum atomic E-state index is 12.0. The van der Waals surface area contributed by atoms with Crippen LogP contribution in [0.3, 0.4) is 0 Å². The van der Waals surface area contributed by atoms with Gasteiger partial charge in [0.15, 0.2) is 0 Å². The lowest BCUT2D eigenvalue weighted by Crippen LogP contribution is -2.27. The molecule has 5 nitrogen and oxygen atoms in total. The van der Waals surface area contributed by atoms with Gasteiger partial charge in [-0.25, -0.2) is 8.42 Å². The summed E-state index contributed by atoms with van der Waals surface area (Å²) in [5.41, 5.74) is 0.0248. The molecule has 0 fully saturated rings. The third-order valence-electron chi connectivity index (χ3n) is 2.26. The van der Waals surface area contributed by atoms with E-state index in [1.165, 1.54) is 6.07 Å². The Morgan fingerprint density at radius 3 is 2.65 bits per heavy atom. The molecule has 112 valence electrons. The van der Waals surface area contributed by atoms with Crippen LogP contribution >= 0.6 is 38.2 Å². The number of hydrogen-bond acceptors (Lipinski definition) is 4. The number of carbonyl (C=O) groups excluding carboxylic acids is 1. The van der Waals surface area contributed by atoms with Crippen molar-refractivity contribution >= 4 is 53.2 Å². The summed E-state index contributed by atoms with van der Waals surface area (Å²) in [6, 6.07) is 2.37. The van der Waals surface area contributed by atoms with Gasteiger partial charge in [0, 0.05) is 28.3 Å². The number of hydrogen-bond donors (Lipinski definition) is 1. The lowest BCUT2D eigenvalue weighted by atomic mass is 10.2. The number of benzene rings is 1. The lowest BCUT2D eigenvalue weighted by molar-refractivity contribution is 0.0922. The van der Waals surface area contributed by atoms with Crippen molar-refractivity contribution in [2.45, 2.75) is 11.8 Å². The van der Waals surface area contributed by atoms with Crippen molar-refractivity contribution in [1.82, 2.24) is 5.32 Å². The van der Waals surface area contributed by atoms with Gasteiger partial charge in [-0.1, -0.05) is 11.6 Å². The Balaban J connectivity index is 2.99. The van der Waals surface area contributed by atoms with Crippen LogP contribution in [0.25, 0.3) is 0 Å². The topological polar surface area (TPSA) is 72.5 Å². The van der Waals surface area contributed by atoms with E-state index in [1.54, 1.807) is 0 Å². The molecule has 1 amide bonds. The molecule has 1 aromatic carbocycles. The van der Waals surface area contributed by atoms with Gasteiger partial charge in [0.1, 0.15) is 0 Å². The van der Waals surface area contributed by atoms with Crippen LogP contribution in [0.1, 0.15) is 17.3 Å². The molecular weight excluding hydrogens is 393 g/mol. The second-order valence-corrected chi connectivity index (χ2v) is 7.46. The van der Waals surface area contributed by atoms with Crippen LogP contribution in [-0.2, 0) is 13.8 Å². The highest BCUT2D eigenvalue weighted by Crippen LogP contribution is 2.31. The highest BCUT2D eigenvalue weighted by molar-refractivity contribution is 9.10. The predicted molar refractivity (Wildman–Crippen MR) is 81.0 cm³/mol. The molecule has 0 saturated carbocycles. The fraction of sp³-hybridized carbons (Fsp3) is 0.364. The normalized spacial score (nSPS) is 11.4. The summed E-state index contributed by atoms with van der Waals surface area (Å²) < 4.78 is 28.0. The first kappa shape index (κ1) is 17.7. The number of halogens is 3. The number of nitrogens with one attached hydrogen (secondary N) is 1. The molecule has 0 aliphatic heterocycles. The van der Waals surface area contributed by atoms with Crippen molar-refractivity contribution in [3.8, 4) is 0 Å². The molecule has 0 aliphatic carbocycles. The Bertz CT molecular complexity index is 607. The average Bonchev–Trinajstić information content (AvgIpc) is 2.36. The summed E-state index contributed by atoms with van der Waals surface area (Å²) in [5.74, 6) is -0.502. The molecule has 0 unspecified atom stereocenters. The molecule has 20 heavy (non-hydrogen) atoms. The first-order chi connectivity index (χ1) is 9.27. The van der Waals surface area contributed by atoms with Crippen molar-refractivity contribution in [1.29, 1.82) is 0 Å². The Morgan fingerprint density at radius 2 is 2.10 bits per heavy atom. The Hall–Kier alpha value is -0.340. The maximum absolute atomic E-state index is 12.0. The van der Waals surface area contributed by atoms with Crippen molar-refractivity contribution < 1.29 is 17.9 Å². The molecule has 0 saturated heterocycles. The Kier molecular flexibility index (Phi) is 6.74. The van der Waals surface area contributed by atoms with Gasteiger partial charge in [-0.05, 0) is 35.0 Å². The number of carbonyl (C=O) groups is 1. The van der Waals surface area contributed by atoms with Gasteiger partial charge in [0.2, 0.25) is 0 Å². The standard InChI is InChI=1S/C11H12BrCl2NO4S/c1-2-19-4-3-15-11(16)8-5-7(20(14,17)18)6-9(12)10(8)13/h5-6H,2-4H2,1H3,(H,15,16).